The third kappa shape index (κ3) is 5.66. The quantitative estimate of drug-likeness (QED) is 0.321. The molecule has 0 atom stereocenters. The first-order chi connectivity index (χ1) is 18.3. The summed E-state index contributed by atoms with van der Waals surface area (Å²) in [5, 5.41) is 18.2. The van der Waals surface area contributed by atoms with Crippen molar-refractivity contribution in [1.29, 1.82) is 0 Å². The first-order valence-corrected chi connectivity index (χ1v) is 12.1. The lowest BCUT2D eigenvalue weighted by Gasteiger charge is -2.13. The predicted molar refractivity (Wildman–Crippen MR) is 139 cm³/mol. The summed E-state index contributed by atoms with van der Waals surface area (Å²) >= 11 is 0. The molecule has 198 valence electrons. The van der Waals surface area contributed by atoms with Crippen LogP contribution >= 0.6 is 0 Å². The lowest BCUT2D eigenvalue weighted by molar-refractivity contribution is -0.384. The number of nitrogens with one attached hydrogen (secondary N) is 2. The highest BCUT2D eigenvalue weighted by molar-refractivity contribution is 6.07. The number of hydrogen-bond acceptors (Lipinski definition) is 8. The summed E-state index contributed by atoms with van der Waals surface area (Å²) < 4.78 is 16.5. The summed E-state index contributed by atoms with van der Waals surface area (Å²) in [6.07, 6.45) is 2.56. The number of fused-ring (bicyclic) bond motifs is 1. The van der Waals surface area contributed by atoms with E-state index in [0.29, 0.717) is 59.9 Å². The number of benzene rings is 2. The molecule has 0 bridgehead atoms. The molecule has 1 aliphatic carbocycles. The molecule has 38 heavy (non-hydrogen) atoms. The van der Waals surface area contributed by atoms with Gasteiger partial charge in [0.2, 0.25) is 0 Å². The SMILES string of the molecule is COc1ccc(CCNC(=O)c2oc3c(c2C)/C(=N/NC(=O)c2cccc([N+](=O)[O-])c2)CCC3)cc1OC. The van der Waals surface area contributed by atoms with Gasteiger partial charge in [-0.1, -0.05) is 12.1 Å². The normalized spacial score (nSPS) is 13.5. The first kappa shape index (κ1) is 26.4. The maximum atomic E-state index is 12.9. The molecule has 0 unspecified atom stereocenters. The lowest BCUT2D eigenvalue weighted by Crippen LogP contribution is -2.26. The standard InChI is InChI=1S/C27H28N4O7/c1-16-24-20(29-30-26(32)18-6-4-7-19(15-18)31(34)35)8-5-9-22(24)38-25(16)27(33)28-13-12-17-10-11-21(36-2)23(14-17)37-3/h4,6-7,10-11,14-15H,5,8-9,12-13H2,1-3H3,(H,28,33)(H,30,32)/b29-20+. The Labute approximate surface area is 219 Å². The number of rotatable bonds is 9. The van der Waals surface area contributed by atoms with Crippen molar-refractivity contribution >= 4 is 23.2 Å². The fourth-order valence-corrected chi connectivity index (χ4v) is 4.38. The van der Waals surface area contributed by atoms with Gasteiger partial charge in [0.05, 0.1) is 24.9 Å². The number of carbonyl (C=O) groups excluding carboxylic acids is 2. The zero-order valence-corrected chi connectivity index (χ0v) is 21.3. The maximum absolute atomic E-state index is 12.9. The van der Waals surface area contributed by atoms with E-state index < -0.39 is 10.8 Å². The minimum absolute atomic E-state index is 0.123. The topological polar surface area (TPSA) is 145 Å². The summed E-state index contributed by atoms with van der Waals surface area (Å²) in [5.74, 6) is 1.20. The van der Waals surface area contributed by atoms with Crippen LogP contribution in [0, 0.1) is 17.0 Å². The Balaban J connectivity index is 1.44. The van der Waals surface area contributed by atoms with Gasteiger partial charge >= 0.3 is 0 Å². The number of aryl methyl sites for hydroxylation is 1. The number of non-ortho nitro benzene ring substituents is 1. The van der Waals surface area contributed by atoms with Gasteiger partial charge < -0.3 is 19.2 Å². The minimum Gasteiger partial charge on any atom is -0.493 e. The van der Waals surface area contributed by atoms with Crippen molar-refractivity contribution < 1.29 is 28.4 Å². The summed E-state index contributed by atoms with van der Waals surface area (Å²) in [6, 6.07) is 11.0. The van der Waals surface area contributed by atoms with Crippen molar-refractivity contribution in [1.82, 2.24) is 10.7 Å². The summed E-state index contributed by atoms with van der Waals surface area (Å²) in [5.41, 5.74) is 5.34. The Morgan fingerprint density at radius 3 is 2.61 bits per heavy atom. The van der Waals surface area contributed by atoms with E-state index in [0.717, 1.165) is 12.0 Å². The van der Waals surface area contributed by atoms with E-state index in [9.17, 15) is 19.7 Å². The number of carbonyl (C=O) groups is 2. The molecule has 0 saturated carbocycles. The van der Waals surface area contributed by atoms with Crippen LogP contribution in [-0.2, 0) is 12.8 Å². The molecule has 1 aliphatic rings. The molecule has 0 aliphatic heterocycles. The van der Waals surface area contributed by atoms with E-state index in [1.54, 1.807) is 21.1 Å². The highest BCUT2D eigenvalue weighted by Crippen LogP contribution is 2.30. The molecule has 4 rings (SSSR count). The molecule has 2 amide bonds. The van der Waals surface area contributed by atoms with Crippen molar-refractivity contribution in [2.45, 2.75) is 32.6 Å². The molecule has 2 N–H and O–H groups in total. The van der Waals surface area contributed by atoms with Crippen molar-refractivity contribution in [2.24, 2.45) is 5.10 Å². The highest BCUT2D eigenvalue weighted by Gasteiger charge is 2.28. The van der Waals surface area contributed by atoms with Gasteiger partial charge in [0.15, 0.2) is 17.3 Å². The number of methoxy groups -OCH3 is 2. The van der Waals surface area contributed by atoms with Crippen molar-refractivity contribution in [3.8, 4) is 11.5 Å². The maximum Gasteiger partial charge on any atom is 0.287 e. The van der Waals surface area contributed by atoms with Crippen LogP contribution in [0.1, 0.15) is 56.2 Å². The van der Waals surface area contributed by atoms with Gasteiger partial charge in [0.25, 0.3) is 17.5 Å². The van der Waals surface area contributed by atoms with E-state index in [-0.39, 0.29) is 22.9 Å². The molecule has 0 saturated heterocycles. The van der Waals surface area contributed by atoms with Crippen LogP contribution in [0.4, 0.5) is 5.69 Å². The van der Waals surface area contributed by atoms with Crippen molar-refractivity contribution in [2.75, 3.05) is 20.8 Å². The molecular formula is C27H28N4O7. The molecule has 11 heteroatoms. The zero-order valence-electron chi connectivity index (χ0n) is 21.3. The Kier molecular flexibility index (Phi) is 8.05. The second-order valence-electron chi connectivity index (χ2n) is 8.71. The van der Waals surface area contributed by atoms with E-state index in [2.05, 4.69) is 15.8 Å². The number of amides is 2. The fraction of sp³-hybridized carbons (Fsp3) is 0.296. The van der Waals surface area contributed by atoms with Crippen LogP contribution in [0.5, 0.6) is 11.5 Å². The summed E-state index contributed by atoms with van der Waals surface area (Å²) in [6.45, 7) is 2.17. The molecule has 1 heterocycles. The number of nitrogens with zero attached hydrogens (tertiary/aromatic N) is 2. The van der Waals surface area contributed by atoms with Gasteiger partial charge in [-0.05, 0) is 49.9 Å². The lowest BCUT2D eigenvalue weighted by atomic mass is 9.93. The fourth-order valence-electron chi connectivity index (χ4n) is 4.38. The third-order valence-corrected chi connectivity index (χ3v) is 6.29. The average molecular weight is 521 g/mol. The van der Waals surface area contributed by atoms with Crippen LogP contribution in [0.2, 0.25) is 0 Å². The van der Waals surface area contributed by atoms with E-state index in [1.807, 2.05) is 18.2 Å². The number of ether oxygens (including phenoxy) is 2. The van der Waals surface area contributed by atoms with E-state index >= 15 is 0 Å². The van der Waals surface area contributed by atoms with Crippen LogP contribution in [0.3, 0.4) is 0 Å². The van der Waals surface area contributed by atoms with Crippen LogP contribution in [0.25, 0.3) is 0 Å². The van der Waals surface area contributed by atoms with Crippen molar-refractivity contribution in [3.05, 3.63) is 86.4 Å². The van der Waals surface area contributed by atoms with Gasteiger partial charge in [-0.3, -0.25) is 19.7 Å². The van der Waals surface area contributed by atoms with Gasteiger partial charge in [-0.15, -0.1) is 0 Å². The number of furan rings is 1. The monoisotopic (exact) mass is 520 g/mol. The Hall–Kier alpha value is -4.67. The van der Waals surface area contributed by atoms with Crippen LogP contribution in [0.15, 0.2) is 52.0 Å². The third-order valence-electron chi connectivity index (χ3n) is 6.29. The molecule has 11 nitrogen and oxygen atoms in total. The molecule has 0 radical (unpaired) electrons. The Bertz CT molecular complexity index is 1410. The molecule has 2 aromatic carbocycles. The first-order valence-electron chi connectivity index (χ1n) is 12.1. The molecule has 0 spiro atoms. The number of hydrogen-bond donors (Lipinski definition) is 2. The molecule has 3 aromatic rings. The predicted octanol–water partition coefficient (Wildman–Crippen LogP) is 3.96. The van der Waals surface area contributed by atoms with Crippen LogP contribution in [-0.4, -0.2) is 43.2 Å². The van der Waals surface area contributed by atoms with E-state index in [4.69, 9.17) is 13.9 Å². The second kappa shape index (κ2) is 11.6. The number of hydrazone groups is 1. The second-order valence-corrected chi connectivity index (χ2v) is 8.71. The van der Waals surface area contributed by atoms with E-state index in [1.165, 1.54) is 24.3 Å². The van der Waals surface area contributed by atoms with Gasteiger partial charge in [-0.25, -0.2) is 5.43 Å². The summed E-state index contributed by atoms with van der Waals surface area (Å²) in [4.78, 5) is 35.9. The Morgan fingerprint density at radius 2 is 1.87 bits per heavy atom. The van der Waals surface area contributed by atoms with Crippen molar-refractivity contribution in [3.63, 3.8) is 0 Å². The largest absolute Gasteiger partial charge is 0.493 e. The molecule has 1 aromatic heterocycles. The molecular weight excluding hydrogens is 492 g/mol. The number of nitro benzene ring substituents is 1. The smallest absolute Gasteiger partial charge is 0.287 e. The molecule has 0 fully saturated rings. The average Bonchev–Trinajstić information content (AvgIpc) is 3.28. The number of nitro groups is 1. The Morgan fingerprint density at radius 1 is 1.08 bits per heavy atom. The zero-order chi connectivity index (χ0) is 27.2. The van der Waals surface area contributed by atoms with Crippen LogP contribution < -0.4 is 20.2 Å². The highest BCUT2D eigenvalue weighted by atomic mass is 16.6. The van der Waals surface area contributed by atoms with Gasteiger partial charge in [-0.2, -0.15) is 5.10 Å². The minimum atomic E-state index is -0.567. The summed E-state index contributed by atoms with van der Waals surface area (Å²) in [7, 11) is 3.14. The van der Waals surface area contributed by atoms with Gasteiger partial charge in [0, 0.05) is 41.8 Å². The van der Waals surface area contributed by atoms with Gasteiger partial charge in [0.1, 0.15) is 5.76 Å².